The minimum atomic E-state index is -0.415. The van der Waals surface area contributed by atoms with E-state index < -0.39 is 5.97 Å². The Kier molecular flexibility index (Phi) is 6.74. The molecule has 1 aromatic rings. The topological polar surface area (TPSA) is 84.3 Å². The van der Waals surface area contributed by atoms with Crippen molar-refractivity contribution in [3.05, 3.63) is 17.5 Å². The molecule has 2 N–H and O–H groups in total. The highest BCUT2D eigenvalue weighted by atomic mass is 32.2. The minimum absolute atomic E-state index is 0.0165. The Balaban J connectivity index is 2.79. The van der Waals surface area contributed by atoms with Gasteiger partial charge in [-0.05, 0) is 27.0 Å². The Morgan fingerprint density at radius 2 is 2.30 bits per heavy atom. The predicted molar refractivity (Wildman–Crippen MR) is 80.2 cm³/mol. The fraction of sp³-hybridized carbons (Fsp3) is 0.615. The first-order valence-electron chi connectivity index (χ1n) is 6.44. The van der Waals surface area contributed by atoms with Crippen molar-refractivity contribution < 1.29 is 14.6 Å². The van der Waals surface area contributed by atoms with Crippen LogP contribution in [0.1, 0.15) is 29.9 Å². The fourth-order valence-corrected chi connectivity index (χ4v) is 2.30. The lowest BCUT2D eigenvalue weighted by molar-refractivity contribution is 0.0524. The van der Waals surface area contributed by atoms with E-state index >= 15 is 0 Å². The van der Waals surface area contributed by atoms with Crippen LogP contribution in [0.2, 0.25) is 0 Å². The summed E-state index contributed by atoms with van der Waals surface area (Å²) in [6.45, 7) is 5.84. The van der Waals surface area contributed by atoms with Gasteiger partial charge in [-0.25, -0.2) is 14.8 Å². The molecule has 0 spiro atoms. The van der Waals surface area contributed by atoms with Crippen molar-refractivity contribution in [2.75, 3.05) is 24.8 Å². The van der Waals surface area contributed by atoms with Crippen molar-refractivity contribution in [1.82, 2.24) is 9.97 Å². The molecule has 1 rings (SSSR count). The van der Waals surface area contributed by atoms with Gasteiger partial charge in [-0.1, -0.05) is 0 Å². The summed E-state index contributed by atoms with van der Waals surface area (Å²) < 4.78 is 4.93. The van der Waals surface area contributed by atoms with Crippen LogP contribution in [-0.2, 0) is 4.74 Å². The highest BCUT2D eigenvalue weighted by molar-refractivity contribution is 7.99. The molecule has 0 fully saturated rings. The molecule has 6 nitrogen and oxygen atoms in total. The lowest BCUT2D eigenvalue weighted by Crippen LogP contribution is -2.31. The van der Waals surface area contributed by atoms with Crippen molar-refractivity contribution >= 4 is 23.7 Å². The van der Waals surface area contributed by atoms with Gasteiger partial charge < -0.3 is 15.2 Å². The number of anilines is 1. The average Bonchev–Trinajstić information content (AvgIpc) is 2.40. The summed E-state index contributed by atoms with van der Waals surface area (Å²) in [7, 11) is 0. The maximum absolute atomic E-state index is 11.6. The van der Waals surface area contributed by atoms with Gasteiger partial charge in [-0.2, -0.15) is 11.8 Å². The average molecular weight is 299 g/mol. The molecule has 2 atom stereocenters. The number of nitrogens with one attached hydrogen (secondary N) is 1. The number of aliphatic hydroxyl groups is 1. The number of ether oxygens (including phenoxy) is 1. The molecule has 0 bridgehead atoms. The maximum atomic E-state index is 11.6. The van der Waals surface area contributed by atoms with Crippen LogP contribution in [0.5, 0.6) is 0 Å². The van der Waals surface area contributed by atoms with E-state index in [9.17, 15) is 9.90 Å². The standard InChI is InChI=1S/C13H21N3O3S/c1-5-19-12(18)10-6-14-13(15-8(10)2)16-9(3)11(7-17)20-4/h6,9,11,17H,5,7H2,1-4H3,(H,14,15,16). The number of hydrogen-bond donors (Lipinski definition) is 2. The number of thioether (sulfide) groups is 1. The molecule has 0 amide bonds. The van der Waals surface area contributed by atoms with E-state index in [1.54, 1.807) is 25.6 Å². The lowest BCUT2D eigenvalue weighted by atomic mass is 10.2. The van der Waals surface area contributed by atoms with Crippen molar-refractivity contribution in [1.29, 1.82) is 0 Å². The van der Waals surface area contributed by atoms with Gasteiger partial charge in [0.1, 0.15) is 0 Å². The molecule has 0 saturated carbocycles. The van der Waals surface area contributed by atoms with Gasteiger partial charge >= 0.3 is 5.97 Å². The summed E-state index contributed by atoms with van der Waals surface area (Å²) in [5.41, 5.74) is 0.937. The monoisotopic (exact) mass is 299 g/mol. The predicted octanol–water partition coefficient (Wildman–Crippen LogP) is 1.49. The molecular weight excluding hydrogens is 278 g/mol. The van der Waals surface area contributed by atoms with Crippen LogP contribution in [0.15, 0.2) is 6.20 Å². The third-order valence-corrected chi connectivity index (χ3v) is 4.03. The number of carbonyl (C=O) groups excluding carboxylic acids is 1. The zero-order valence-electron chi connectivity index (χ0n) is 12.2. The van der Waals surface area contributed by atoms with Gasteiger partial charge in [0.15, 0.2) is 0 Å². The van der Waals surface area contributed by atoms with Crippen LogP contribution < -0.4 is 5.32 Å². The molecule has 0 aliphatic carbocycles. The quantitative estimate of drug-likeness (QED) is 0.738. The number of rotatable bonds is 7. The second kappa shape index (κ2) is 8.06. The highest BCUT2D eigenvalue weighted by Gasteiger charge is 2.17. The molecule has 0 saturated heterocycles. The molecule has 0 aliphatic heterocycles. The van der Waals surface area contributed by atoms with Crippen LogP contribution >= 0.6 is 11.8 Å². The van der Waals surface area contributed by atoms with E-state index in [-0.39, 0.29) is 17.9 Å². The largest absolute Gasteiger partial charge is 0.462 e. The second-order valence-corrected chi connectivity index (χ2v) is 5.38. The summed E-state index contributed by atoms with van der Waals surface area (Å²) in [6.07, 6.45) is 3.40. The van der Waals surface area contributed by atoms with Crippen LogP contribution in [0, 0.1) is 6.92 Å². The zero-order valence-corrected chi connectivity index (χ0v) is 13.0. The summed E-state index contributed by atoms with van der Waals surface area (Å²) in [5.74, 6) is 0.0255. The number of aryl methyl sites for hydroxylation is 1. The van der Waals surface area contributed by atoms with Gasteiger partial charge in [-0.15, -0.1) is 0 Å². The SMILES string of the molecule is CCOC(=O)c1cnc(NC(C)C(CO)SC)nc1C. The van der Waals surface area contributed by atoms with Gasteiger partial charge in [0, 0.05) is 17.5 Å². The summed E-state index contributed by atoms with van der Waals surface area (Å²) in [4.78, 5) is 20.0. The normalized spacial score (nSPS) is 13.7. The van der Waals surface area contributed by atoms with E-state index in [1.165, 1.54) is 6.20 Å². The number of aliphatic hydroxyl groups excluding tert-OH is 1. The zero-order chi connectivity index (χ0) is 15.1. The van der Waals surface area contributed by atoms with E-state index in [1.807, 2.05) is 13.2 Å². The molecular formula is C13H21N3O3S. The van der Waals surface area contributed by atoms with Gasteiger partial charge in [0.2, 0.25) is 5.95 Å². The second-order valence-electron chi connectivity index (χ2n) is 4.30. The number of esters is 1. The first kappa shape index (κ1) is 16.7. The summed E-state index contributed by atoms with van der Waals surface area (Å²) >= 11 is 1.57. The van der Waals surface area contributed by atoms with Crippen LogP contribution in [0.25, 0.3) is 0 Å². The highest BCUT2D eigenvalue weighted by Crippen LogP contribution is 2.15. The van der Waals surface area contributed by atoms with Crippen molar-refractivity contribution in [2.24, 2.45) is 0 Å². The Morgan fingerprint density at radius 3 is 2.80 bits per heavy atom. The molecule has 1 aromatic heterocycles. The minimum Gasteiger partial charge on any atom is -0.462 e. The molecule has 0 aromatic carbocycles. The first-order chi connectivity index (χ1) is 9.53. The Labute approximate surface area is 123 Å². The van der Waals surface area contributed by atoms with Crippen molar-refractivity contribution in [2.45, 2.75) is 32.1 Å². The Morgan fingerprint density at radius 1 is 1.60 bits per heavy atom. The van der Waals surface area contributed by atoms with E-state index in [0.717, 1.165) is 0 Å². The molecule has 20 heavy (non-hydrogen) atoms. The summed E-state index contributed by atoms with van der Waals surface area (Å²) in [5, 5.41) is 12.4. The van der Waals surface area contributed by atoms with E-state index in [0.29, 0.717) is 23.8 Å². The van der Waals surface area contributed by atoms with E-state index in [2.05, 4.69) is 15.3 Å². The number of aromatic nitrogens is 2. The number of carbonyl (C=O) groups is 1. The Hall–Kier alpha value is -1.34. The van der Waals surface area contributed by atoms with Crippen molar-refractivity contribution in [3.8, 4) is 0 Å². The Bertz CT molecular complexity index is 452. The summed E-state index contributed by atoms with van der Waals surface area (Å²) in [6, 6.07) is 0.0165. The van der Waals surface area contributed by atoms with Crippen molar-refractivity contribution in [3.63, 3.8) is 0 Å². The molecule has 1 heterocycles. The van der Waals surface area contributed by atoms with Gasteiger partial charge in [0.25, 0.3) is 0 Å². The maximum Gasteiger partial charge on any atom is 0.341 e. The number of nitrogens with zero attached hydrogens (tertiary/aromatic N) is 2. The molecule has 2 unspecified atom stereocenters. The third-order valence-electron chi connectivity index (χ3n) is 2.87. The van der Waals surface area contributed by atoms with E-state index in [4.69, 9.17) is 4.74 Å². The molecule has 0 radical (unpaired) electrons. The lowest BCUT2D eigenvalue weighted by Gasteiger charge is -2.21. The molecule has 7 heteroatoms. The van der Waals surface area contributed by atoms with Gasteiger partial charge in [-0.3, -0.25) is 0 Å². The molecule has 112 valence electrons. The van der Waals surface area contributed by atoms with Crippen LogP contribution in [-0.4, -0.2) is 51.8 Å². The van der Waals surface area contributed by atoms with Crippen LogP contribution in [0.3, 0.4) is 0 Å². The van der Waals surface area contributed by atoms with Gasteiger partial charge in [0.05, 0.1) is 24.5 Å². The fourth-order valence-electron chi connectivity index (χ4n) is 1.68. The molecule has 0 aliphatic rings. The smallest absolute Gasteiger partial charge is 0.341 e. The number of hydrogen-bond acceptors (Lipinski definition) is 7. The third kappa shape index (κ3) is 4.35. The van der Waals surface area contributed by atoms with Crippen LogP contribution in [0.4, 0.5) is 5.95 Å². The first-order valence-corrected chi connectivity index (χ1v) is 7.73.